The monoisotopic (exact) mass is 262 g/mol. The van der Waals surface area contributed by atoms with Crippen LogP contribution in [0.1, 0.15) is 13.3 Å². The van der Waals surface area contributed by atoms with Crippen LogP contribution < -0.4 is 10.5 Å². The zero-order chi connectivity index (χ0) is 13.1. The summed E-state index contributed by atoms with van der Waals surface area (Å²) in [5, 5.41) is 8.93. The number of anilines is 1. The summed E-state index contributed by atoms with van der Waals surface area (Å²) in [6, 6.07) is 2.51. The molecule has 0 aromatic heterocycles. The minimum absolute atomic E-state index is 0.0355. The summed E-state index contributed by atoms with van der Waals surface area (Å²) in [6.07, 6.45) is 0.422. The van der Waals surface area contributed by atoms with Gasteiger partial charge in [-0.05, 0) is 24.6 Å². The van der Waals surface area contributed by atoms with E-state index in [2.05, 4.69) is 4.72 Å². The summed E-state index contributed by atoms with van der Waals surface area (Å²) >= 11 is 0. The van der Waals surface area contributed by atoms with Crippen LogP contribution in [0.5, 0.6) is 0 Å². The van der Waals surface area contributed by atoms with E-state index in [9.17, 15) is 12.8 Å². The Morgan fingerprint density at radius 3 is 2.71 bits per heavy atom. The number of nitrogens with two attached hydrogens (primary N) is 1. The molecule has 0 bridgehead atoms. The van der Waals surface area contributed by atoms with Crippen LogP contribution in [0.4, 0.5) is 10.1 Å². The van der Waals surface area contributed by atoms with E-state index >= 15 is 0 Å². The van der Waals surface area contributed by atoms with Gasteiger partial charge in [0, 0.05) is 6.04 Å². The number of hydrogen-bond acceptors (Lipinski definition) is 4. The average Bonchev–Trinajstić information content (AvgIpc) is 2.29. The van der Waals surface area contributed by atoms with Gasteiger partial charge in [0.05, 0.1) is 12.3 Å². The number of benzene rings is 1. The predicted molar refractivity (Wildman–Crippen MR) is 62.3 cm³/mol. The van der Waals surface area contributed by atoms with Gasteiger partial charge in [0.25, 0.3) is 0 Å². The lowest BCUT2D eigenvalue weighted by Crippen LogP contribution is -2.37. The number of hydrogen-bond donors (Lipinski definition) is 3. The lowest BCUT2D eigenvalue weighted by molar-refractivity contribution is 0.254. The number of aliphatic hydroxyl groups is 1. The van der Waals surface area contributed by atoms with Crippen molar-refractivity contribution in [3.05, 3.63) is 24.0 Å². The number of aliphatic hydroxyl groups excluding tert-OH is 1. The first kappa shape index (κ1) is 13.9. The van der Waals surface area contributed by atoms with Crippen LogP contribution in [0.15, 0.2) is 23.1 Å². The SMILES string of the molecule is CCC(CO)NS(=O)(=O)c1cc(F)ccc1N. The molecule has 0 saturated heterocycles. The molecule has 96 valence electrons. The Morgan fingerprint density at radius 2 is 2.18 bits per heavy atom. The van der Waals surface area contributed by atoms with Gasteiger partial charge in [-0.3, -0.25) is 0 Å². The summed E-state index contributed by atoms with van der Waals surface area (Å²) in [4.78, 5) is -0.315. The highest BCUT2D eigenvalue weighted by Gasteiger charge is 2.21. The number of rotatable bonds is 5. The molecule has 5 nitrogen and oxygen atoms in total. The molecule has 7 heteroatoms. The minimum Gasteiger partial charge on any atom is -0.398 e. The van der Waals surface area contributed by atoms with Crippen molar-refractivity contribution in [2.24, 2.45) is 0 Å². The van der Waals surface area contributed by atoms with E-state index in [1.807, 2.05) is 0 Å². The third-order valence-electron chi connectivity index (χ3n) is 2.30. The third-order valence-corrected chi connectivity index (χ3v) is 3.88. The van der Waals surface area contributed by atoms with Crippen molar-refractivity contribution in [3.8, 4) is 0 Å². The van der Waals surface area contributed by atoms with Gasteiger partial charge in [0.2, 0.25) is 10.0 Å². The summed E-state index contributed by atoms with van der Waals surface area (Å²) in [6.45, 7) is 1.39. The van der Waals surface area contributed by atoms with Gasteiger partial charge in [-0.25, -0.2) is 17.5 Å². The van der Waals surface area contributed by atoms with Gasteiger partial charge < -0.3 is 10.8 Å². The first-order valence-electron chi connectivity index (χ1n) is 5.09. The van der Waals surface area contributed by atoms with Crippen molar-refractivity contribution in [1.29, 1.82) is 0 Å². The first-order chi connectivity index (χ1) is 7.90. The normalized spacial score (nSPS) is 13.6. The molecule has 17 heavy (non-hydrogen) atoms. The predicted octanol–water partition coefficient (Wildman–Crippen LogP) is 0.457. The maximum atomic E-state index is 13.0. The van der Waals surface area contributed by atoms with E-state index in [0.717, 1.165) is 12.1 Å². The smallest absolute Gasteiger partial charge is 0.243 e. The van der Waals surface area contributed by atoms with E-state index in [0.29, 0.717) is 6.42 Å². The van der Waals surface area contributed by atoms with E-state index in [1.165, 1.54) is 6.07 Å². The summed E-state index contributed by atoms with van der Waals surface area (Å²) in [7, 11) is -3.91. The average molecular weight is 262 g/mol. The van der Waals surface area contributed by atoms with Gasteiger partial charge in [0.1, 0.15) is 10.7 Å². The van der Waals surface area contributed by atoms with Crippen molar-refractivity contribution in [3.63, 3.8) is 0 Å². The molecule has 0 fully saturated rings. The highest BCUT2D eigenvalue weighted by molar-refractivity contribution is 7.89. The Labute approximate surface area is 99.5 Å². The molecule has 0 saturated carbocycles. The van der Waals surface area contributed by atoms with Gasteiger partial charge in [-0.1, -0.05) is 6.92 Å². The molecule has 1 rings (SSSR count). The molecule has 1 unspecified atom stereocenters. The molecule has 0 aliphatic rings. The van der Waals surface area contributed by atoms with Crippen LogP contribution >= 0.6 is 0 Å². The molecule has 0 aliphatic carbocycles. The van der Waals surface area contributed by atoms with E-state index in [1.54, 1.807) is 6.92 Å². The number of nitrogen functional groups attached to an aromatic ring is 1. The lowest BCUT2D eigenvalue weighted by atomic mass is 10.3. The zero-order valence-electron chi connectivity index (χ0n) is 9.35. The quantitative estimate of drug-likeness (QED) is 0.672. The Bertz CT molecular complexity index is 486. The number of halogens is 1. The second-order valence-corrected chi connectivity index (χ2v) is 5.27. The molecule has 0 amide bonds. The summed E-state index contributed by atoms with van der Waals surface area (Å²) < 4.78 is 39.0. The molecule has 0 heterocycles. The van der Waals surface area contributed by atoms with Gasteiger partial charge >= 0.3 is 0 Å². The van der Waals surface area contributed by atoms with Crippen molar-refractivity contribution < 1.29 is 17.9 Å². The van der Waals surface area contributed by atoms with E-state index in [-0.39, 0.29) is 17.2 Å². The second-order valence-electron chi connectivity index (χ2n) is 3.59. The Hall–Kier alpha value is -1.18. The van der Waals surface area contributed by atoms with Crippen molar-refractivity contribution >= 4 is 15.7 Å². The van der Waals surface area contributed by atoms with Crippen LogP contribution in [0.3, 0.4) is 0 Å². The molecule has 1 aromatic carbocycles. The zero-order valence-corrected chi connectivity index (χ0v) is 10.2. The molecular weight excluding hydrogens is 247 g/mol. The first-order valence-corrected chi connectivity index (χ1v) is 6.57. The van der Waals surface area contributed by atoms with Crippen molar-refractivity contribution in [1.82, 2.24) is 4.72 Å². The Morgan fingerprint density at radius 1 is 1.53 bits per heavy atom. The van der Waals surface area contributed by atoms with Crippen molar-refractivity contribution in [2.45, 2.75) is 24.3 Å². The maximum absolute atomic E-state index is 13.0. The molecule has 0 radical (unpaired) electrons. The summed E-state index contributed by atoms with van der Waals surface area (Å²) in [5.41, 5.74) is 5.45. The highest BCUT2D eigenvalue weighted by Crippen LogP contribution is 2.19. The molecule has 1 atom stereocenters. The molecule has 4 N–H and O–H groups in total. The van der Waals surface area contributed by atoms with Crippen LogP contribution in [-0.2, 0) is 10.0 Å². The van der Waals surface area contributed by atoms with Crippen LogP contribution in [-0.4, -0.2) is 26.2 Å². The van der Waals surface area contributed by atoms with E-state index in [4.69, 9.17) is 10.8 Å². The maximum Gasteiger partial charge on any atom is 0.243 e. The van der Waals surface area contributed by atoms with Gasteiger partial charge in [0.15, 0.2) is 0 Å². The molecule has 0 aliphatic heterocycles. The highest BCUT2D eigenvalue weighted by atomic mass is 32.2. The van der Waals surface area contributed by atoms with Gasteiger partial charge in [-0.15, -0.1) is 0 Å². The number of sulfonamides is 1. The second kappa shape index (κ2) is 5.44. The molecule has 0 spiro atoms. The minimum atomic E-state index is -3.91. The Balaban J connectivity index is 3.09. The molecule has 1 aromatic rings. The van der Waals surface area contributed by atoms with Crippen LogP contribution in [0.25, 0.3) is 0 Å². The fourth-order valence-electron chi connectivity index (χ4n) is 1.27. The van der Waals surface area contributed by atoms with Crippen LogP contribution in [0.2, 0.25) is 0 Å². The standard InChI is InChI=1S/C10H15FN2O3S/c1-2-8(6-14)13-17(15,16)10-5-7(11)3-4-9(10)12/h3-5,8,13-14H,2,6,12H2,1H3. The fraction of sp³-hybridized carbons (Fsp3) is 0.400. The van der Waals surface area contributed by atoms with Crippen LogP contribution in [0, 0.1) is 5.82 Å². The van der Waals surface area contributed by atoms with Gasteiger partial charge in [-0.2, -0.15) is 0 Å². The number of nitrogens with one attached hydrogen (secondary N) is 1. The largest absolute Gasteiger partial charge is 0.398 e. The summed E-state index contributed by atoms with van der Waals surface area (Å²) in [5.74, 6) is -0.684. The third kappa shape index (κ3) is 3.39. The fourth-order valence-corrected chi connectivity index (χ4v) is 2.73. The Kier molecular flexibility index (Phi) is 4.44. The van der Waals surface area contributed by atoms with E-state index < -0.39 is 21.9 Å². The topological polar surface area (TPSA) is 92.4 Å². The molecular formula is C10H15FN2O3S. The lowest BCUT2D eigenvalue weighted by Gasteiger charge is -2.15. The van der Waals surface area contributed by atoms with Crippen molar-refractivity contribution in [2.75, 3.05) is 12.3 Å².